The van der Waals surface area contributed by atoms with Crippen molar-refractivity contribution in [2.24, 2.45) is 0 Å². The van der Waals surface area contributed by atoms with E-state index in [1.54, 1.807) is 12.1 Å². The van der Waals surface area contributed by atoms with Gasteiger partial charge in [-0.15, -0.1) is 10.2 Å². The normalized spacial score (nSPS) is 12.8. The number of halogens is 1. The van der Waals surface area contributed by atoms with Gasteiger partial charge in [0.2, 0.25) is 5.89 Å². The molecule has 0 radical (unpaired) electrons. The largest absolute Gasteiger partial charge is 0.416 e. The van der Waals surface area contributed by atoms with Crippen LogP contribution >= 0.6 is 11.8 Å². The molecule has 1 aromatic carbocycles. The van der Waals surface area contributed by atoms with Crippen LogP contribution in [-0.2, 0) is 11.2 Å². The summed E-state index contributed by atoms with van der Waals surface area (Å²) in [6.07, 6.45) is -0.128. The van der Waals surface area contributed by atoms with E-state index in [-0.39, 0.29) is 18.5 Å². The third-order valence-corrected chi connectivity index (χ3v) is 3.68. The van der Waals surface area contributed by atoms with Gasteiger partial charge in [-0.2, -0.15) is 0 Å². The lowest BCUT2D eigenvalue weighted by atomic mass is 10.1. The number of hydrogen-bond acceptors (Lipinski definition) is 6. The fraction of sp³-hybridized carbons (Fsp3) is 0.467. The van der Waals surface area contributed by atoms with Crippen molar-refractivity contribution in [2.75, 3.05) is 12.4 Å². The topological polar surface area (TPSA) is 68.4 Å². The Morgan fingerprint density at radius 3 is 2.91 bits per heavy atom. The second-order valence-corrected chi connectivity index (χ2v) is 6.09. The fourth-order valence-electron chi connectivity index (χ4n) is 1.71. The zero-order chi connectivity index (χ0) is 15.9. The summed E-state index contributed by atoms with van der Waals surface area (Å²) in [5.74, 6) is 0.537. The van der Waals surface area contributed by atoms with Crippen molar-refractivity contribution >= 4 is 11.8 Å². The van der Waals surface area contributed by atoms with E-state index in [2.05, 4.69) is 10.2 Å². The summed E-state index contributed by atoms with van der Waals surface area (Å²) in [4.78, 5) is 0. The summed E-state index contributed by atoms with van der Waals surface area (Å²) in [5.41, 5.74) is 0.769. The van der Waals surface area contributed by atoms with Gasteiger partial charge in [0.15, 0.2) is 0 Å². The second kappa shape index (κ2) is 8.26. The Morgan fingerprint density at radius 1 is 1.36 bits per heavy atom. The van der Waals surface area contributed by atoms with Crippen molar-refractivity contribution in [3.8, 4) is 0 Å². The number of aromatic nitrogens is 2. The molecule has 1 N–H and O–H groups in total. The molecule has 7 heteroatoms. The minimum atomic E-state index is -0.592. The zero-order valence-electron chi connectivity index (χ0n) is 12.5. The van der Waals surface area contributed by atoms with Gasteiger partial charge in [-0.3, -0.25) is 0 Å². The number of thioether (sulfide) groups is 1. The highest BCUT2D eigenvalue weighted by atomic mass is 32.2. The fourth-order valence-corrected chi connectivity index (χ4v) is 2.39. The first-order valence-electron chi connectivity index (χ1n) is 7.02. The average molecular weight is 326 g/mol. The monoisotopic (exact) mass is 326 g/mol. The van der Waals surface area contributed by atoms with Gasteiger partial charge >= 0.3 is 0 Å². The van der Waals surface area contributed by atoms with Crippen LogP contribution in [0.2, 0.25) is 0 Å². The van der Waals surface area contributed by atoms with Crippen LogP contribution in [-0.4, -0.2) is 39.9 Å². The van der Waals surface area contributed by atoms with Crippen LogP contribution in [0.3, 0.4) is 0 Å². The Balaban J connectivity index is 1.81. The molecule has 1 heterocycles. The predicted molar refractivity (Wildman–Crippen MR) is 81.3 cm³/mol. The lowest BCUT2D eigenvalue weighted by Gasteiger charge is -2.11. The average Bonchev–Trinajstić information content (AvgIpc) is 2.90. The molecular weight excluding hydrogens is 307 g/mol. The highest BCUT2D eigenvalue weighted by Crippen LogP contribution is 2.19. The van der Waals surface area contributed by atoms with Gasteiger partial charge in [-0.25, -0.2) is 4.39 Å². The molecule has 1 atom stereocenters. The van der Waals surface area contributed by atoms with Crippen molar-refractivity contribution in [2.45, 2.75) is 37.7 Å². The molecule has 0 spiro atoms. The van der Waals surface area contributed by atoms with E-state index < -0.39 is 6.10 Å². The third-order valence-electron chi connectivity index (χ3n) is 2.71. The Bertz CT molecular complexity index is 592. The Labute approximate surface area is 132 Å². The first kappa shape index (κ1) is 16.9. The maximum atomic E-state index is 13.1. The maximum Gasteiger partial charge on any atom is 0.276 e. The van der Waals surface area contributed by atoms with E-state index in [9.17, 15) is 9.50 Å². The first-order valence-corrected chi connectivity index (χ1v) is 8.01. The molecular formula is C15H19FN2O3S. The highest BCUT2D eigenvalue weighted by molar-refractivity contribution is 7.99. The van der Waals surface area contributed by atoms with Gasteiger partial charge in [-0.05, 0) is 31.5 Å². The van der Waals surface area contributed by atoms with Crippen molar-refractivity contribution < 1.29 is 18.7 Å². The van der Waals surface area contributed by atoms with Gasteiger partial charge < -0.3 is 14.3 Å². The molecule has 1 aromatic heterocycles. The molecule has 0 aliphatic rings. The zero-order valence-corrected chi connectivity index (χ0v) is 13.3. The van der Waals surface area contributed by atoms with Crippen molar-refractivity contribution in [1.29, 1.82) is 0 Å². The molecule has 120 valence electrons. The summed E-state index contributed by atoms with van der Waals surface area (Å²) in [6, 6.07) is 6.26. The van der Waals surface area contributed by atoms with Gasteiger partial charge in [-0.1, -0.05) is 23.9 Å². The molecule has 2 rings (SSSR count). The summed E-state index contributed by atoms with van der Waals surface area (Å²) >= 11 is 1.27. The lowest BCUT2D eigenvalue weighted by Crippen LogP contribution is -2.20. The van der Waals surface area contributed by atoms with E-state index in [0.717, 1.165) is 5.56 Å². The van der Waals surface area contributed by atoms with E-state index in [1.807, 2.05) is 13.8 Å². The molecule has 5 nitrogen and oxygen atoms in total. The SMILES string of the molecule is CC(C)OCC(O)CSc1nnc(Cc2cccc(F)c2)o1. The maximum absolute atomic E-state index is 13.1. The van der Waals surface area contributed by atoms with Crippen LogP contribution in [0.25, 0.3) is 0 Å². The van der Waals surface area contributed by atoms with Crippen molar-refractivity contribution in [1.82, 2.24) is 10.2 Å². The minimum Gasteiger partial charge on any atom is -0.416 e. The predicted octanol–water partition coefficient (Wildman–Crippen LogP) is 2.68. The van der Waals surface area contributed by atoms with Crippen LogP contribution in [0.4, 0.5) is 4.39 Å². The van der Waals surface area contributed by atoms with Gasteiger partial charge in [0, 0.05) is 5.75 Å². The summed E-state index contributed by atoms with van der Waals surface area (Å²) < 4.78 is 23.9. The summed E-state index contributed by atoms with van der Waals surface area (Å²) in [7, 11) is 0. The molecule has 0 fully saturated rings. The number of benzene rings is 1. The van der Waals surface area contributed by atoms with E-state index in [1.165, 1.54) is 23.9 Å². The number of aliphatic hydroxyl groups excluding tert-OH is 1. The standard InChI is InChI=1S/C15H19FN2O3S/c1-10(2)20-8-13(19)9-22-15-18-17-14(21-15)7-11-4-3-5-12(16)6-11/h3-6,10,13,19H,7-9H2,1-2H3. The molecule has 0 saturated heterocycles. The molecule has 0 aliphatic heterocycles. The van der Waals surface area contributed by atoms with E-state index in [0.29, 0.717) is 23.3 Å². The second-order valence-electron chi connectivity index (χ2n) is 5.12. The quantitative estimate of drug-likeness (QED) is 0.752. The molecule has 0 amide bonds. The van der Waals surface area contributed by atoms with Crippen LogP contribution in [0.5, 0.6) is 0 Å². The van der Waals surface area contributed by atoms with Crippen LogP contribution in [0, 0.1) is 5.82 Å². The third kappa shape index (κ3) is 5.75. The van der Waals surface area contributed by atoms with Gasteiger partial charge in [0.1, 0.15) is 5.82 Å². The summed E-state index contributed by atoms with van der Waals surface area (Å²) in [5, 5.41) is 18.0. The lowest BCUT2D eigenvalue weighted by molar-refractivity contribution is 0.0152. The smallest absolute Gasteiger partial charge is 0.276 e. The summed E-state index contributed by atoms with van der Waals surface area (Å²) in [6.45, 7) is 4.10. The molecule has 0 aliphatic carbocycles. The van der Waals surface area contributed by atoms with Gasteiger partial charge in [0.05, 0.1) is 25.2 Å². The molecule has 2 aromatic rings. The Kier molecular flexibility index (Phi) is 6.35. The number of aliphatic hydroxyl groups is 1. The van der Waals surface area contributed by atoms with Crippen molar-refractivity contribution in [3.63, 3.8) is 0 Å². The van der Waals surface area contributed by atoms with E-state index in [4.69, 9.17) is 9.15 Å². The van der Waals surface area contributed by atoms with Gasteiger partial charge in [0.25, 0.3) is 5.22 Å². The van der Waals surface area contributed by atoms with Crippen LogP contribution < -0.4 is 0 Å². The highest BCUT2D eigenvalue weighted by Gasteiger charge is 2.12. The number of hydrogen-bond donors (Lipinski definition) is 1. The Morgan fingerprint density at radius 2 is 2.18 bits per heavy atom. The molecule has 22 heavy (non-hydrogen) atoms. The van der Waals surface area contributed by atoms with Crippen LogP contribution in [0.1, 0.15) is 25.3 Å². The van der Waals surface area contributed by atoms with Crippen LogP contribution in [0.15, 0.2) is 33.9 Å². The number of ether oxygens (including phenoxy) is 1. The molecule has 1 unspecified atom stereocenters. The number of nitrogens with zero attached hydrogens (tertiary/aromatic N) is 2. The number of rotatable bonds is 8. The van der Waals surface area contributed by atoms with Crippen molar-refractivity contribution in [3.05, 3.63) is 41.5 Å². The first-order chi connectivity index (χ1) is 10.5. The van der Waals surface area contributed by atoms with E-state index >= 15 is 0 Å². The minimum absolute atomic E-state index is 0.0842. The molecule has 0 bridgehead atoms. The Hall–Kier alpha value is -1.44. The molecule has 0 saturated carbocycles.